The normalized spacial score (nSPS) is 10.1. The SMILES string of the molecule is CCCOC(=O)c1ccc(NC(=S)NC(=O)c2cccc([N+](=O)[O-])c2C)cc1. The highest BCUT2D eigenvalue weighted by molar-refractivity contribution is 7.80. The fraction of sp³-hybridized carbons (Fsp3) is 0.211. The van der Waals surface area contributed by atoms with Gasteiger partial charge in [-0.05, 0) is 55.9 Å². The van der Waals surface area contributed by atoms with E-state index in [9.17, 15) is 19.7 Å². The second-order valence-electron chi connectivity index (χ2n) is 5.83. The van der Waals surface area contributed by atoms with Gasteiger partial charge in [-0.2, -0.15) is 0 Å². The standard InChI is InChI=1S/C19H19N3O5S/c1-3-11-27-18(24)13-7-9-14(10-8-13)20-19(28)21-17(23)15-5-4-6-16(12(15)2)22(25)26/h4-10H,3,11H2,1-2H3,(H2,20,21,23,28). The van der Waals surface area contributed by atoms with Crippen molar-refractivity contribution in [3.63, 3.8) is 0 Å². The minimum absolute atomic E-state index is 0.0252. The van der Waals surface area contributed by atoms with Gasteiger partial charge in [-0.3, -0.25) is 20.2 Å². The summed E-state index contributed by atoms with van der Waals surface area (Å²) in [7, 11) is 0. The number of thiocarbonyl (C=S) groups is 1. The summed E-state index contributed by atoms with van der Waals surface area (Å²) in [4.78, 5) is 34.6. The van der Waals surface area contributed by atoms with Crippen molar-refractivity contribution in [2.45, 2.75) is 20.3 Å². The number of nitro groups is 1. The van der Waals surface area contributed by atoms with Gasteiger partial charge in [-0.25, -0.2) is 4.79 Å². The molecule has 0 heterocycles. The van der Waals surface area contributed by atoms with Crippen LogP contribution in [0.4, 0.5) is 11.4 Å². The number of carbonyl (C=O) groups excluding carboxylic acids is 2. The minimum atomic E-state index is -0.557. The van der Waals surface area contributed by atoms with Crippen LogP contribution in [-0.2, 0) is 4.74 Å². The molecule has 0 saturated heterocycles. The van der Waals surface area contributed by atoms with E-state index in [0.717, 1.165) is 6.42 Å². The van der Waals surface area contributed by atoms with Crippen LogP contribution in [0.2, 0.25) is 0 Å². The smallest absolute Gasteiger partial charge is 0.338 e. The Morgan fingerprint density at radius 3 is 2.46 bits per heavy atom. The monoisotopic (exact) mass is 401 g/mol. The number of hydrogen-bond donors (Lipinski definition) is 2. The van der Waals surface area contributed by atoms with Crippen LogP contribution < -0.4 is 10.6 Å². The molecule has 0 aromatic heterocycles. The van der Waals surface area contributed by atoms with Crippen molar-refractivity contribution in [2.24, 2.45) is 0 Å². The third-order valence-electron chi connectivity index (χ3n) is 3.79. The van der Waals surface area contributed by atoms with Crippen LogP contribution in [0.5, 0.6) is 0 Å². The maximum atomic E-state index is 12.4. The quantitative estimate of drug-likeness (QED) is 0.329. The van der Waals surface area contributed by atoms with E-state index in [1.54, 1.807) is 24.3 Å². The molecule has 2 N–H and O–H groups in total. The van der Waals surface area contributed by atoms with E-state index in [1.807, 2.05) is 6.92 Å². The van der Waals surface area contributed by atoms with E-state index in [0.29, 0.717) is 17.9 Å². The molecule has 0 aliphatic heterocycles. The number of ether oxygens (including phenoxy) is 1. The Morgan fingerprint density at radius 2 is 1.86 bits per heavy atom. The number of carbonyl (C=O) groups is 2. The topological polar surface area (TPSA) is 111 Å². The fourth-order valence-electron chi connectivity index (χ4n) is 2.37. The van der Waals surface area contributed by atoms with Crippen LogP contribution in [-0.4, -0.2) is 28.5 Å². The molecule has 2 aromatic rings. The molecule has 0 atom stereocenters. The zero-order chi connectivity index (χ0) is 20.7. The van der Waals surface area contributed by atoms with Gasteiger partial charge in [0.25, 0.3) is 11.6 Å². The fourth-order valence-corrected chi connectivity index (χ4v) is 2.58. The molecule has 2 aromatic carbocycles. The molecule has 0 saturated carbocycles. The predicted octanol–water partition coefficient (Wildman–Crippen LogP) is 3.60. The van der Waals surface area contributed by atoms with Crippen molar-refractivity contribution in [1.82, 2.24) is 5.32 Å². The van der Waals surface area contributed by atoms with Crippen LogP contribution in [0.25, 0.3) is 0 Å². The molecule has 0 aliphatic carbocycles. The summed E-state index contributed by atoms with van der Waals surface area (Å²) in [5, 5.41) is 16.3. The van der Waals surface area contributed by atoms with E-state index in [-0.39, 0.29) is 21.9 Å². The average molecular weight is 401 g/mol. The van der Waals surface area contributed by atoms with Crippen LogP contribution in [0.1, 0.15) is 39.6 Å². The Balaban J connectivity index is 2.00. The molecule has 0 aliphatic rings. The van der Waals surface area contributed by atoms with Gasteiger partial charge in [0.15, 0.2) is 5.11 Å². The highest BCUT2D eigenvalue weighted by Crippen LogP contribution is 2.21. The number of esters is 1. The van der Waals surface area contributed by atoms with Crippen molar-refractivity contribution in [2.75, 3.05) is 11.9 Å². The van der Waals surface area contributed by atoms with Gasteiger partial charge in [0.05, 0.1) is 17.1 Å². The zero-order valence-electron chi connectivity index (χ0n) is 15.4. The maximum Gasteiger partial charge on any atom is 0.338 e. The van der Waals surface area contributed by atoms with E-state index >= 15 is 0 Å². The molecule has 28 heavy (non-hydrogen) atoms. The van der Waals surface area contributed by atoms with Crippen molar-refractivity contribution >= 4 is 40.6 Å². The molecular formula is C19H19N3O5S. The van der Waals surface area contributed by atoms with Crippen molar-refractivity contribution in [3.05, 3.63) is 69.3 Å². The van der Waals surface area contributed by atoms with Gasteiger partial charge in [0, 0.05) is 22.9 Å². The molecule has 2 rings (SSSR count). The highest BCUT2D eigenvalue weighted by Gasteiger charge is 2.18. The zero-order valence-corrected chi connectivity index (χ0v) is 16.2. The van der Waals surface area contributed by atoms with Gasteiger partial charge < -0.3 is 10.1 Å². The van der Waals surface area contributed by atoms with Gasteiger partial charge in [0.1, 0.15) is 0 Å². The number of benzene rings is 2. The Morgan fingerprint density at radius 1 is 1.18 bits per heavy atom. The third-order valence-corrected chi connectivity index (χ3v) is 3.99. The van der Waals surface area contributed by atoms with Crippen LogP contribution in [0, 0.1) is 17.0 Å². The van der Waals surface area contributed by atoms with Crippen molar-refractivity contribution in [1.29, 1.82) is 0 Å². The third kappa shape index (κ3) is 5.34. The molecule has 0 radical (unpaired) electrons. The average Bonchev–Trinajstić information content (AvgIpc) is 2.66. The van der Waals surface area contributed by atoms with Crippen LogP contribution in [0.3, 0.4) is 0 Å². The number of nitrogens with one attached hydrogen (secondary N) is 2. The number of nitrogens with zero attached hydrogens (tertiary/aromatic N) is 1. The molecule has 0 bridgehead atoms. The minimum Gasteiger partial charge on any atom is -0.462 e. The first-order chi connectivity index (χ1) is 13.3. The van der Waals surface area contributed by atoms with Gasteiger partial charge in [-0.15, -0.1) is 0 Å². The first kappa shape index (κ1) is 21.0. The van der Waals surface area contributed by atoms with Gasteiger partial charge in [0.2, 0.25) is 0 Å². The number of rotatable bonds is 6. The Bertz CT molecular complexity index is 912. The molecule has 9 heteroatoms. The lowest BCUT2D eigenvalue weighted by Crippen LogP contribution is -2.34. The Hall–Kier alpha value is -3.33. The summed E-state index contributed by atoms with van der Waals surface area (Å²) in [5.41, 5.74) is 1.24. The van der Waals surface area contributed by atoms with E-state index in [4.69, 9.17) is 17.0 Å². The Kier molecular flexibility index (Phi) is 7.16. The lowest BCUT2D eigenvalue weighted by Gasteiger charge is -2.11. The summed E-state index contributed by atoms with van der Waals surface area (Å²) in [6, 6.07) is 10.7. The van der Waals surface area contributed by atoms with Crippen molar-refractivity contribution < 1.29 is 19.2 Å². The summed E-state index contributed by atoms with van der Waals surface area (Å²) in [6.07, 6.45) is 0.739. The summed E-state index contributed by atoms with van der Waals surface area (Å²) >= 11 is 5.11. The number of hydrogen-bond acceptors (Lipinski definition) is 6. The molecular weight excluding hydrogens is 382 g/mol. The summed E-state index contributed by atoms with van der Waals surface area (Å²) in [5.74, 6) is -0.969. The highest BCUT2D eigenvalue weighted by atomic mass is 32.1. The van der Waals surface area contributed by atoms with Gasteiger partial charge >= 0.3 is 5.97 Å². The lowest BCUT2D eigenvalue weighted by molar-refractivity contribution is -0.385. The second kappa shape index (κ2) is 9.56. The number of amides is 1. The molecule has 0 fully saturated rings. The predicted molar refractivity (Wildman–Crippen MR) is 109 cm³/mol. The van der Waals surface area contributed by atoms with E-state index in [2.05, 4.69) is 10.6 Å². The van der Waals surface area contributed by atoms with Crippen molar-refractivity contribution in [3.8, 4) is 0 Å². The van der Waals surface area contributed by atoms with E-state index < -0.39 is 16.8 Å². The van der Waals surface area contributed by atoms with Crippen LogP contribution in [0.15, 0.2) is 42.5 Å². The maximum absolute atomic E-state index is 12.4. The molecule has 1 amide bonds. The summed E-state index contributed by atoms with van der Waals surface area (Å²) in [6.45, 7) is 3.76. The van der Waals surface area contributed by atoms with E-state index in [1.165, 1.54) is 25.1 Å². The van der Waals surface area contributed by atoms with Crippen LogP contribution >= 0.6 is 12.2 Å². The first-order valence-corrected chi connectivity index (χ1v) is 8.87. The number of anilines is 1. The lowest BCUT2D eigenvalue weighted by atomic mass is 10.1. The molecule has 0 spiro atoms. The second-order valence-corrected chi connectivity index (χ2v) is 6.24. The summed E-state index contributed by atoms with van der Waals surface area (Å²) < 4.78 is 5.05. The largest absolute Gasteiger partial charge is 0.462 e. The first-order valence-electron chi connectivity index (χ1n) is 8.47. The Labute approximate surface area is 167 Å². The molecule has 146 valence electrons. The molecule has 8 nitrogen and oxygen atoms in total. The molecule has 0 unspecified atom stereocenters. The number of nitro benzene ring substituents is 1. The van der Waals surface area contributed by atoms with Gasteiger partial charge in [-0.1, -0.05) is 13.0 Å².